The van der Waals surface area contributed by atoms with E-state index in [0.29, 0.717) is 5.56 Å². The number of aromatic carboxylic acids is 1. The Kier molecular flexibility index (Phi) is 10.5. The number of carboxylic acids is 1. The number of anilines is 1. The maximum Gasteiger partial charge on any atom is 1.00 e. The first-order valence-corrected chi connectivity index (χ1v) is 13.3. The molecule has 2 N–H and O–H groups in total. The van der Waals surface area contributed by atoms with Crippen LogP contribution in [0, 0.1) is 0 Å². The van der Waals surface area contributed by atoms with Crippen molar-refractivity contribution in [2.45, 2.75) is 38.3 Å². The molecule has 3 nitrogen and oxygen atoms in total. The minimum absolute atomic E-state index is 0. The molecule has 3 rings (SSSR count). The number of unbranched alkanes of at least 4 members (excludes halogenated alkanes) is 1. The molecule has 0 saturated heterocycles. The second-order valence-corrected chi connectivity index (χ2v) is 12.1. The molecular formula is C26H32NNaO2Si. The second-order valence-electron chi connectivity index (χ2n) is 7.83. The van der Waals surface area contributed by atoms with Crippen LogP contribution in [0.3, 0.4) is 0 Å². The summed E-state index contributed by atoms with van der Waals surface area (Å²) < 4.78 is 0. The van der Waals surface area contributed by atoms with Gasteiger partial charge in [-0.05, 0) is 42.8 Å². The van der Waals surface area contributed by atoms with E-state index in [2.05, 4.69) is 72.9 Å². The summed E-state index contributed by atoms with van der Waals surface area (Å²) in [5.74, 6) is -0.890. The van der Waals surface area contributed by atoms with Crippen LogP contribution in [-0.2, 0) is 0 Å². The number of benzene rings is 3. The van der Waals surface area contributed by atoms with Crippen molar-refractivity contribution in [3.05, 3.63) is 90.5 Å². The fourth-order valence-corrected chi connectivity index (χ4v) is 9.35. The molecule has 0 spiro atoms. The topological polar surface area (TPSA) is 49.3 Å². The van der Waals surface area contributed by atoms with Crippen molar-refractivity contribution in [3.8, 4) is 0 Å². The van der Waals surface area contributed by atoms with Crippen molar-refractivity contribution < 1.29 is 40.9 Å². The average Bonchev–Trinajstić information content (AvgIpc) is 2.80. The van der Waals surface area contributed by atoms with E-state index in [1.807, 2.05) is 12.1 Å². The van der Waals surface area contributed by atoms with Crippen LogP contribution in [-0.4, -0.2) is 25.7 Å². The van der Waals surface area contributed by atoms with Gasteiger partial charge in [0, 0.05) is 12.2 Å². The number of rotatable bonds is 11. The molecule has 0 aliphatic heterocycles. The summed E-state index contributed by atoms with van der Waals surface area (Å²) in [6, 6.07) is 31.7. The average molecular weight is 442 g/mol. The molecule has 0 fully saturated rings. The van der Waals surface area contributed by atoms with Gasteiger partial charge in [-0.15, -0.1) is 0 Å². The van der Waals surface area contributed by atoms with E-state index in [1.165, 1.54) is 35.3 Å². The zero-order valence-corrected chi connectivity index (χ0v) is 21.7. The van der Waals surface area contributed by atoms with Crippen LogP contribution in [0.25, 0.3) is 0 Å². The van der Waals surface area contributed by atoms with Gasteiger partial charge in [0.2, 0.25) is 0 Å². The first-order valence-electron chi connectivity index (χ1n) is 10.8. The van der Waals surface area contributed by atoms with Gasteiger partial charge in [0.1, 0.15) is 8.07 Å². The molecular weight excluding hydrogens is 409 g/mol. The van der Waals surface area contributed by atoms with Gasteiger partial charge in [0.05, 0.1) is 5.56 Å². The third-order valence-electron chi connectivity index (χ3n) is 5.85. The number of carbonyl (C=O) groups is 1. The normalized spacial score (nSPS) is 10.9. The van der Waals surface area contributed by atoms with Gasteiger partial charge >= 0.3 is 35.5 Å². The maximum atomic E-state index is 11.0. The smallest absolute Gasteiger partial charge is 1.00 e. The Morgan fingerprint density at radius 1 is 0.839 bits per heavy atom. The Morgan fingerprint density at radius 3 is 1.84 bits per heavy atom. The molecule has 0 heterocycles. The number of carboxylic acid groups (broad SMARTS) is 1. The molecule has 0 saturated carbocycles. The van der Waals surface area contributed by atoms with Gasteiger partial charge in [0.15, 0.2) is 0 Å². The van der Waals surface area contributed by atoms with Gasteiger partial charge in [-0.2, -0.15) is 0 Å². The molecule has 0 atom stereocenters. The van der Waals surface area contributed by atoms with Crippen molar-refractivity contribution in [2.24, 2.45) is 0 Å². The molecule has 3 aromatic carbocycles. The van der Waals surface area contributed by atoms with E-state index in [9.17, 15) is 4.79 Å². The molecule has 0 amide bonds. The van der Waals surface area contributed by atoms with E-state index in [4.69, 9.17) is 5.11 Å². The van der Waals surface area contributed by atoms with E-state index >= 15 is 0 Å². The molecule has 0 aromatic heterocycles. The van der Waals surface area contributed by atoms with Gasteiger partial charge in [-0.1, -0.05) is 90.8 Å². The zero-order valence-electron chi connectivity index (χ0n) is 19.7. The Hall–Kier alpha value is -1.85. The molecule has 158 valence electrons. The quantitative estimate of drug-likeness (QED) is 0.355. The third-order valence-corrected chi connectivity index (χ3v) is 11.1. The Bertz CT molecular complexity index is 884. The maximum absolute atomic E-state index is 11.0. The minimum atomic E-state index is -1.85. The molecule has 0 aliphatic rings. The van der Waals surface area contributed by atoms with Crippen LogP contribution >= 0.6 is 0 Å². The first-order chi connectivity index (χ1) is 14.7. The Labute approximate surface area is 210 Å². The van der Waals surface area contributed by atoms with Crippen LogP contribution < -0.4 is 45.2 Å². The summed E-state index contributed by atoms with van der Waals surface area (Å²) in [5, 5.41) is 15.6. The standard InChI is InChI=1S/C26H31NO2Si.Na.H/c1-2-3-20-30(24-11-6-4-7-12-24,25-13-8-5-9-14-25)21-10-19-27-23-17-15-22(16-18-23)26(28)29;;/h4-9,11-18,27H,2-3,10,19-21H2,1H3,(H,28,29);;/q;+1;-1. The van der Waals surface area contributed by atoms with Gasteiger partial charge in [-0.25, -0.2) is 4.79 Å². The minimum Gasteiger partial charge on any atom is -1.00 e. The summed E-state index contributed by atoms with van der Waals surface area (Å²) >= 11 is 0. The van der Waals surface area contributed by atoms with E-state index in [1.54, 1.807) is 12.1 Å². The molecule has 0 bridgehead atoms. The number of hydrogen-bond donors (Lipinski definition) is 2. The molecule has 5 heteroatoms. The molecule has 0 radical (unpaired) electrons. The predicted molar refractivity (Wildman–Crippen MR) is 130 cm³/mol. The molecule has 0 unspecified atom stereocenters. The van der Waals surface area contributed by atoms with E-state index in [0.717, 1.165) is 18.7 Å². The van der Waals surface area contributed by atoms with Crippen molar-refractivity contribution in [3.63, 3.8) is 0 Å². The number of hydrogen-bond acceptors (Lipinski definition) is 2. The summed E-state index contributed by atoms with van der Waals surface area (Å²) in [7, 11) is -1.85. The Balaban J connectivity index is 0.00000256. The van der Waals surface area contributed by atoms with E-state index in [-0.39, 0.29) is 31.0 Å². The summed E-state index contributed by atoms with van der Waals surface area (Å²) in [6.45, 7) is 3.16. The second kappa shape index (κ2) is 12.9. The van der Waals surface area contributed by atoms with E-state index < -0.39 is 14.0 Å². The van der Waals surface area contributed by atoms with Crippen LogP contribution in [0.2, 0.25) is 12.1 Å². The van der Waals surface area contributed by atoms with Gasteiger partial charge < -0.3 is 11.8 Å². The summed E-state index contributed by atoms with van der Waals surface area (Å²) in [4.78, 5) is 11.0. The van der Waals surface area contributed by atoms with Crippen molar-refractivity contribution >= 4 is 30.1 Å². The molecule has 31 heavy (non-hydrogen) atoms. The zero-order chi connectivity index (χ0) is 21.2. The molecule has 0 aliphatic carbocycles. The monoisotopic (exact) mass is 441 g/mol. The fourth-order valence-electron chi connectivity index (χ4n) is 4.22. The Morgan fingerprint density at radius 2 is 1.35 bits per heavy atom. The first kappa shape index (κ1) is 25.4. The summed E-state index contributed by atoms with van der Waals surface area (Å²) in [6.07, 6.45) is 3.54. The fraction of sp³-hybridized carbons (Fsp3) is 0.269. The third kappa shape index (κ3) is 6.81. The van der Waals surface area contributed by atoms with Crippen molar-refractivity contribution in [2.75, 3.05) is 11.9 Å². The van der Waals surface area contributed by atoms with Crippen molar-refractivity contribution in [1.29, 1.82) is 0 Å². The van der Waals surface area contributed by atoms with Crippen LogP contribution in [0.15, 0.2) is 84.9 Å². The number of nitrogens with one attached hydrogen (secondary N) is 1. The summed E-state index contributed by atoms with van der Waals surface area (Å²) in [5.41, 5.74) is 1.29. The van der Waals surface area contributed by atoms with Crippen molar-refractivity contribution in [1.82, 2.24) is 0 Å². The van der Waals surface area contributed by atoms with Crippen LogP contribution in [0.4, 0.5) is 5.69 Å². The predicted octanol–water partition coefficient (Wildman–Crippen LogP) is 2.37. The van der Waals surface area contributed by atoms with Crippen LogP contribution in [0.5, 0.6) is 0 Å². The van der Waals surface area contributed by atoms with Gasteiger partial charge in [0.25, 0.3) is 0 Å². The molecule has 3 aromatic rings. The van der Waals surface area contributed by atoms with Gasteiger partial charge in [-0.3, -0.25) is 0 Å². The largest absolute Gasteiger partial charge is 1.00 e. The van der Waals surface area contributed by atoms with Crippen LogP contribution in [0.1, 0.15) is 38.0 Å². The SMILES string of the molecule is CCCC[Si](CCCNc1ccc(C(=O)O)cc1)(c1ccccc1)c1ccccc1.[H-].[Na+].